The second-order valence-corrected chi connectivity index (χ2v) is 6.71. The van der Waals surface area contributed by atoms with E-state index >= 15 is 0 Å². The molecule has 0 radical (unpaired) electrons. The maximum absolute atomic E-state index is 12.5. The fourth-order valence-corrected chi connectivity index (χ4v) is 3.15. The van der Waals surface area contributed by atoms with Crippen LogP contribution in [0.2, 0.25) is 0 Å². The van der Waals surface area contributed by atoms with Crippen molar-refractivity contribution in [1.29, 1.82) is 0 Å². The lowest BCUT2D eigenvalue weighted by Gasteiger charge is -2.11. The number of hydrogen-bond donors (Lipinski definition) is 1. The zero-order valence-corrected chi connectivity index (χ0v) is 15.8. The molecule has 0 bridgehead atoms. The fraction of sp³-hybridized carbons (Fsp3) is 0.409. The molecule has 0 saturated carbocycles. The summed E-state index contributed by atoms with van der Waals surface area (Å²) in [6.07, 6.45) is 1.86. The van der Waals surface area contributed by atoms with E-state index in [-0.39, 0.29) is 5.91 Å². The molecule has 1 saturated heterocycles. The zero-order valence-electron chi connectivity index (χ0n) is 15.8. The Morgan fingerprint density at radius 1 is 1.19 bits per heavy atom. The van der Waals surface area contributed by atoms with E-state index in [9.17, 15) is 4.79 Å². The Balaban J connectivity index is 1.53. The molecule has 144 valence electrons. The normalized spacial score (nSPS) is 16.3. The summed E-state index contributed by atoms with van der Waals surface area (Å²) in [5.41, 5.74) is 2.87. The first-order chi connectivity index (χ1) is 13.3. The molecule has 1 aliphatic rings. The van der Waals surface area contributed by atoms with E-state index in [4.69, 9.17) is 14.2 Å². The highest BCUT2D eigenvalue weighted by Gasteiger charge is 2.18. The molecule has 1 atom stereocenters. The Bertz CT molecular complexity index is 741. The first-order valence-electron chi connectivity index (χ1n) is 9.43. The standard InChI is InChI=1S/C22H27NO4/c1-25-10-4-11-27-21-8-2-5-17(13-21)15-23-22(24)19-7-3-6-18(14-19)20-9-12-26-16-20/h2-3,5-8,13-14,20H,4,9-12,15-16H2,1H3,(H,23,24). The van der Waals surface area contributed by atoms with Crippen LogP contribution in [0.3, 0.4) is 0 Å². The van der Waals surface area contributed by atoms with Gasteiger partial charge in [-0.3, -0.25) is 4.79 Å². The molecule has 5 heteroatoms. The lowest BCUT2D eigenvalue weighted by atomic mass is 9.96. The minimum atomic E-state index is -0.0674. The third-order valence-electron chi connectivity index (χ3n) is 4.66. The van der Waals surface area contributed by atoms with Gasteiger partial charge in [0.15, 0.2) is 0 Å². The van der Waals surface area contributed by atoms with Crippen LogP contribution in [0.4, 0.5) is 0 Å². The van der Waals surface area contributed by atoms with Crippen molar-refractivity contribution in [2.45, 2.75) is 25.3 Å². The van der Waals surface area contributed by atoms with Crippen molar-refractivity contribution >= 4 is 5.91 Å². The van der Waals surface area contributed by atoms with Crippen molar-refractivity contribution in [2.24, 2.45) is 0 Å². The fourth-order valence-electron chi connectivity index (χ4n) is 3.15. The van der Waals surface area contributed by atoms with Crippen molar-refractivity contribution in [3.63, 3.8) is 0 Å². The van der Waals surface area contributed by atoms with Gasteiger partial charge in [-0.2, -0.15) is 0 Å². The lowest BCUT2D eigenvalue weighted by molar-refractivity contribution is 0.0950. The lowest BCUT2D eigenvalue weighted by Crippen LogP contribution is -2.23. The highest BCUT2D eigenvalue weighted by molar-refractivity contribution is 5.94. The Kier molecular flexibility index (Phi) is 7.25. The molecule has 1 heterocycles. The Morgan fingerprint density at radius 3 is 2.89 bits per heavy atom. The maximum Gasteiger partial charge on any atom is 0.251 e. The summed E-state index contributed by atoms with van der Waals surface area (Å²) in [4.78, 5) is 12.5. The van der Waals surface area contributed by atoms with Gasteiger partial charge in [-0.05, 0) is 41.8 Å². The number of carbonyl (C=O) groups is 1. The van der Waals surface area contributed by atoms with Gasteiger partial charge < -0.3 is 19.5 Å². The Labute approximate surface area is 160 Å². The van der Waals surface area contributed by atoms with Crippen molar-refractivity contribution in [3.8, 4) is 5.75 Å². The monoisotopic (exact) mass is 369 g/mol. The van der Waals surface area contributed by atoms with Crippen LogP contribution in [0, 0.1) is 0 Å². The second-order valence-electron chi connectivity index (χ2n) is 6.71. The van der Waals surface area contributed by atoms with E-state index in [0.717, 1.165) is 37.4 Å². The molecule has 3 rings (SSSR count). The molecule has 2 aromatic rings. The van der Waals surface area contributed by atoms with E-state index in [1.807, 2.05) is 42.5 Å². The third kappa shape index (κ3) is 5.81. The van der Waals surface area contributed by atoms with Gasteiger partial charge in [0.1, 0.15) is 5.75 Å². The number of nitrogens with one attached hydrogen (secondary N) is 1. The largest absolute Gasteiger partial charge is 0.493 e. The number of rotatable bonds is 9. The summed E-state index contributed by atoms with van der Waals surface area (Å²) in [7, 11) is 1.68. The van der Waals surface area contributed by atoms with E-state index in [1.165, 1.54) is 5.56 Å². The summed E-state index contributed by atoms with van der Waals surface area (Å²) in [6.45, 7) is 3.29. The first kappa shape index (κ1) is 19.4. The summed E-state index contributed by atoms with van der Waals surface area (Å²) in [5, 5.41) is 2.99. The molecule has 1 N–H and O–H groups in total. The van der Waals surface area contributed by atoms with Gasteiger partial charge in [-0.1, -0.05) is 24.3 Å². The molecule has 1 amide bonds. The Hall–Kier alpha value is -2.37. The van der Waals surface area contributed by atoms with E-state index < -0.39 is 0 Å². The summed E-state index contributed by atoms with van der Waals surface area (Å²) in [5.74, 6) is 1.13. The van der Waals surface area contributed by atoms with Crippen LogP contribution in [-0.4, -0.2) is 39.4 Å². The highest BCUT2D eigenvalue weighted by atomic mass is 16.5. The smallest absolute Gasteiger partial charge is 0.251 e. The molecule has 1 fully saturated rings. The first-order valence-corrected chi connectivity index (χ1v) is 9.43. The van der Waals surface area contributed by atoms with E-state index in [0.29, 0.717) is 31.2 Å². The number of benzene rings is 2. The van der Waals surface area contributed by atoms with Gasteiger partial charge >= 0.3 is 0 Å². The van der Waals surface area contributed by atoms with Gasteiger partial charge in [0.2, 0.25) is 0 Å². The van der Waals surface area contributed by atoms with E-state index in [1.54, 1.807) is 7.11 Å². The molecular formula is C22H27NO4. The molecule has 2 aromatic carbocycles. The van der Waals surface area contributed by atoms with Crippen LogP contribution >= 0.6 is 0 Å². The van der Waals surface area contributed by atoms with Crippen molar-refractivity contribution in [2.75, 3.05) is 33.5 Å². The van der Waals surface area contributed by atoms with Gasteiger partial charge in [-0.25, -0.2) is 0 Å². The quantitative estimate of drug-likeness (QED) is 0.687. The number of methoxy groups -OCH3 is 1. The van der Waals surface area contributed by atoms with Gasteiger partial charge in [0.05, 0.1) is 13.2 Å². The SMILES string of the molecule is COCCCOc1cccc(CNC(=O)c2cccc(C3CCOC3)c2)c1. The summed E-state index contributed by atoms with van der Waals surface area (Å²) >= 11 is 0. The third-order valence-corrected chi connectivity index (χ3v) is 4.66. The summed E-state index contributed by atoms with van der Waals surface area (Å²) < 4.78 is 16.2. The van der Waals surface area contributed by atoms with Crippen LogP contribution < -0.4 is 10.1 Å². The minimum absolute atomic E-state index is 0.0674. The van der Waals surface area contributed by atoms with Crippen LogP contribution in [0.1, 0.15) is 40.2 Å². The topological polar surface area (TPSA) is 56.8 Å². The number of hydrogen-bond acceptors (Lipinski definition) is 4. The molecule has 0 aromatic heterocycles. The van der Waals surface area contributed by atoms with Crippen molar-refractivity contribution < 1.29 is 19.0 Å². The zero-order chi connectivity index (χ0) is 18.9. The minimum Gasteiger partial charge on any atom is -0.493 e. The molecule has 1 aliphatic heterocycles. The highest BCUT2D eigenvalue weighted by Crippen LogP contribution is 2.25. The van der Waals surface area contributed by atoms with Crippen LogP contribution in [0.5, 0.6) is 5.75 Å². The van der Waals surface area contributed by atoms with Crippen LogP contribution in [-0.2, 0) is 16.0 Å². The molecule has 0 aliphatic carbocycles. The molecule has 0 spiro atoms. The predicted octanol–water partition coefficient (Wildman–Crippen LogP) is 3.54. The number of ether oxygens (including phenoxy) is 3. The Morgan fingerprint density at radius 2 is 2.07 bits per heavy atom. The molecule has 27 heavy (non-hydrogen) atoms. The van der Waals surface area contributed by atoms with Crippen molar-refractivity contribution in [1.82, 2.24) is 5.32 Å². The van der Waals surface area contributed by atoms with Crippen LogP contribution in [0.25, 0.3) is 0 Å². The van der Waals surface area contributed by atoms with Gasteiger partial charge in [0.25, 0.3) is 5.91 Å². The maximum atomic E-state index is 12.5. The van der Waals surface area contributed by atoms with E-state index in [2.05, 4.69) is 11.4 Å². The van der Waals surface area contributed by atoms with Crippen molar-refractivity contribution in [3.05, 3.63) is 65.2 Å². The second kappa shape index (κ2) is 10.1. The van der Waals surface area contributed by atoms with Crippen LogP contribution in [0.15, 0.2) is 48.5 Å². The predicted molar refractivity (Wildman–Crippen MR) is 104 cm³/mol. The average Bonchev–Trinajstić information content (AvgIpc) is 3.25. The molecule has 1 unspecified atom stereocenters. The van der Waals surface area contributed by atoms with Gasteiger partial charge in [-0.15, -0.1) is 0 Å². The molecule has 5 nitrogen and oxygen atoms in total. The van der Waals surface area contributed by atoms with Gasteiger partial charge in [0, 0.05) is 44.8 Å². The number of amides is 1. The number of carbonyl (C=O) groups excluding carboxylic acids is 1. The summed E-state index contributed by atoms with van der Waals surface area (Å²) in [6, 6.07) is 15.6. The average molecular weight is 369 g/mol. The molecular weight excluding hydrogens is 342 g/mol.